The van der Waals surface area contributed by atoms with Crippen molar-refractivity contribution in [1.29, 1.82) is 0 Å². The highest BCUT2D eigenvalue weighted by molar-refractivity contribution is 7.10. The van der Waals surface area contributed by atoms with E-state index >= 15 is 0 Å². The number of hydrogen-bond acceptors (Lipinski definition) is 3. The molecule has 1 aromatic carbocycles. The van der Waals surface area contributed by atoms with Gasteiger partial charge in [0.2, 0.25) is 5.91 Å². The molecule has 136 valence electrons. The van der Waals surface area contributed by atoms with Crippen LogP contribution in [-0.2, 0) is 11.2 Å². The van der Waals surface area contributed by atoms with Gasteiger partial charge in [0.25, 0.3) is 0 Å². The third-order valence-electron chi connectivity index (χ3n) is 5.25. The minimum Gasteiger partial charge on any atom is -0.317 e. The maximum Gasteiger partial charge on any atom is 0.322 e. The fraction of sp³-hybridized carbons (Fsp3) is 0.400. The summed E-state index contributed by atoms with van der Waals surface area (Å²) in [6.45, 7) is 3.56. The molecule has 5 nitrogen and oxygen atoms in total. The molecule has 0 unspecified atom stereocenters. The molecule has 3 heterocycles. The maximum absolute atomic E-state index is 13.0. The predicted molar refractivity (Wildman–Crippen MR) is 105 cm³/mol. The number of carbonyl (C=O) groups is 2. The number of rotatable bonds is 3. The number of anilines is 2. The van der Waals surface area contributed by atoms with Crippen molar-refractivity contribution in [3.63, 3.8) is 0 Å². The molecule has 4 rings (SSSR count). The van der Waals surface area contributed by atoms with Crippen LogP contribution in [0.25, 0.3) is 0 Å². The van der Waals surface area contributed by atoms with E-state index in [1.54, 1.807) is 16.2 Å². The molecule has 0 saturated carbocycles. The highest BCUT2D eigenvalue weighted by atomic mass is 32.1. The molecule has 3 amide bonds. The molecule has 1 atom stereocenters. The Morgan fingerprint density at radius 3 is 2.85 bits per heavy atom. The zero-order valence-electron chi connectivity index (χ0n) is 14.9. The van der Waals surface area contributed by atoms with E-state index in [0.29, 0.717) is 18.7 Å². The van der Waals surface area contributed by atoms with Crippen molar-refractivity contribution in [2.45, 2.75) is 38.6 Å². The van der Waals surface area contributed by atoms with Gasteiger partial charge in [-0.3, -0.25) is 4.79 Å². The van der Waals surface area contributed by atoms with Gasteiger partial charge >= 0.3 is 6.03 Å². The van der Waals surface area contributed by atoms with E-state index in [1.807, 2.05) is 29.2 Å². The summed E-state index contributed by atoms with van der Waals surface area (Å²) >= 11 is 1.78. The minimum atomic E-state index is -0.0900. The van der Waals surface area contributed by atoms with Gasteiger partial charge in [-0.15, -0.1) is 11.3 Å². The van der Waals surface area contributed by atoms with Crippen LogP contribution in [0, 0.1) is 0 Å². The van der Waals surface area contributed by atoms with Gasteiger partial charge in [0.15, 0.2) is 0 Å². The molecule has 6 heteroatoms. The van der Waals surface area contributed by atoms with Gasteiger partial charge in [0, 0.05) is 24.4 Å². The fourth-order valence-corrected chi connectivity index (χ4v) is 4.91. The van der Waals surface area contributed by atoms with Gasteiger partial charge in [0.05, 0.1) is 17.4 Å². The Balaban J connectivity index is 1.57. The number of benzene rings is 1. The Morgan fingerprint density at radius 2 is 2.08 bits per heavy atom. The normalized spacial score (nSPS) is 19.6. The van der Waals surface area contributed by atoms with E-state index in [1.165, 1.54) is 10.4 Å². The van der Waals surface area contributed by atoms with Crippen LogP contribution in [-0.4, -0.2) is 29.9 Å². The van der Waals surface area contributed by atoms with Gasteiger partial charge in [0.1, 0.15) is 0 Å². The fourth-order valence-electron chi connectivity index (χ4n) is 3.98. The minimum absolute atomic E-state index is 0.0900. The first-order valence-electron chi connectivity index (χ1n) is 9.22. The van der Waals surface area contributed by atoms with Crippen molar-refractivity contribution >= 4 is 34.6 Å². The molecule has 2 aliphatic heterocycles. The van der Waals surface area contributed by atoms with E-state index in [9.17, 15) is 9.59 Å². The molecule has 0 radical (unpaired) electrons. The molecule has 0 spiro atoms. The SMILES string of the molecule is CC[C@@H]1c2ccsc2CCN1C(=O)Nc1ccccc1N1CCCC1=O. The van der Waals surface area contributed by atoms with Crippen LogP contribution in [0.5, 0.6) is 0 Å². The number of hydrogen-bond donors (Lipinski definition) is 1. The maximum atomic E-state index is 13.0. The Bertz CT molecular complexity index is 832. The van der Waals surface area contributed by atoms with Crippen molar-refractivity contribution in [3.05, 3.63) is 46.2 Å². The smallest absolute Gasteiger partial charge is 0.317 e. The van der Waals surface area contributed by atoms with Crippen LogP contribution >= 0.6 is 11.3 Å². The summed E-state index contributed by atoms with van der Waals surface area (Å²) in [7, 11) is 0. The van der Waals surface area contributed by atoms with E-state index in [0.717, 1.165) is 31.5 Å². The second-order valence-electron chi connectivity index (χ2n) is 6.76. The zero-order chi connectivity index (χ0) is 18.1. The van der Waals surface area contributed by atoms with Crippen LogP contribution in [0.1, 0.15) is 42.7 Å². The second kappa shape index (κ2) is 7.11. The second-order valence-corrected chi connectivity index (χ2v) is 7.76. The summed E-state index contributed by atoms with van der Waals surface area (Å²) in [5.74, 6) is 0.124. The first-order valence-corrected chi connectivity index (χ1v) is 10.1. The highest BCUT2D eigenvalue weighted by Gasteiger charge is 2.31. The molecule has 1 N–H and O–H groups in total. The first-order chi connectivity index (χ1) is 12.7. The Labute approximate surface area is 157 Å². The van der Waals surface area contributed by atoms with E-state index in [-0.39, 0.29) is 18.0 Å². The monoisotopic (exact) mass is 369 g/mol. The van der Waals surface area contributed by atoms with Crippen molar-refractivity contribution in [2.75, 3.05) is 23.3 Å². The van der Waals surface area contributed by atoms with Crippen molar-refractivity contribution in [1.82, 2.24) is 4.90 Å². The summed E-state index contributed by atoms with van der Waals surface area (Å²) < 4.78 is 0. The van der Waals surface area contributed by atoms with Gasteiger partial charge in [-0.2, -0.15) is 0 Å². The number of amides is 3. The largest absolute Gasteiger partial charge is 0.322 e. The molecule has 26 heavy (non-hydrogen) atoms. The summed E-state index contributed by atoms with van der Waals surface area (Å²) in [5, 5.41) is 5.18. The molecule has 2 aromatic rings. The molecular formula is C20H23N3O2S. The molecule has 2 aliphatic rings. The van der Waals surface area contributed by atoms with Crippen molar-refractivity contribution in [3.8, 4) is 0 Å². The van der Waals surface area contributed by atoms with Crippen LogP contribution in [0.15, 0.2) is 35.7 Å². The molecule has 1 fully saturated rings. The molecule has 0 bridgehead atoms. The number of carbonyl (C=O) groups excluding carboxylic acids is 2. The molecular weight excluding hydrogens is 346 g/mol. The van der Waals surface area contributed by atoms with Crippen LogP contribution in [0.3, 0.4) is 0 Å². The first kappa shape index (κ1) is 17.1. The average Bonchev–Trinajstić information content (AvgIpc) is 3.30. The van der Waals surface area contributed by atoms with Crippen LogP contribution in [0.2, 0.25) is 0 Å². The quantitative estimate of drug-likeness (QED) is 0.871. The topological polar surface area (TPSA) is 52.7 Å². The summed E-state index contributed by atoms with van der Waals surface area (Å²) in [6.07, 6.45) is 3.24. The number of para-hydroxylation sites is 2. The molecule has 1 aromatic heterocycles. The van der Waals surface area contributed by atoms with Crippen LogP contribution < -0.4 is 10.2 Å². The third kappa shape index (κ3) is 2.98. The Morgan fingerprint density at radius 1 is 1.23 bits per heavy atom. The zero-order valence-corrected chi connectivity index (χ0v) is 15.7. The molecule has 1 saturated heterocycles. The third-order valence-corrected chi connectivity index (χ3v) is 6.25. The lowest BCUT2D eigenvalue weighted by atomic mass is 9.98. The lowest BCUT2D eigenvalue weighted by Gasteiger charge is -2.35. The number of urea groups is 1. The van der Waals surface area contributed by atoms with Crippen molar-refractivity contribution < 1.29 is 9.59 Å². The Hall–Kier alpha value is -2.34. The number of nitrogens with one attached hydrogen (secondary N) is 1. The lowest BCUT2D eigenvalue weighted by molar-refractivity contribution is -0.117. The van der Waals surface area contributed by atoms with E-state index in [2.05, 4.69) is 23.7 Å². The predicted octanol–water partition coefficient (Wildman–Crippen LogP) is 4.42. The van der Waals surface area contributed by atoms with E-state index < -0.39 is 0 Å². The lowest BCUT2D eigenvalue weighted by Crippen LogP contribution is -2.42. The van der Waals surface area contributed by atoms with Gasteiger partial charge in [-0.1, -0.05) is 19.1 Å². The number of fused-ring (bicyclic) bond motifs is 1. The summed E-state index contributed by atoms with van der Waals surface area (Å²) in [6, 6.07) is 9.75. The summed E-state index contributed by atoms with van der Waals surface area (Å²) in [4.78, 5) is 30.3. The van der Waals surface area contributed by atoms with Gasteiger partial charge in [-0.05, 0) is 48.4 Å². The molecule has 0 aliphatic carbocycles. The van der Waals surface area contributed by atoms with E-state index in [4.69, 9.17) is 0 Å². The highest BCUT2D eigenvalue weighted by Crippen LogP contribution is 2.36. The standard InChI is InChI=1S/C20H23N3O2S/c1-2-16-14-10-13-26-18(14)9-12-23(16)20(25)21-15-6-3-4-7-17(15)22-11-5-8-19(22)24/h3-4,6-7,10,13,16H,2,5,8-9,11-12H2,1H3,(H,21,25)/t16-/m1/s1. The van der Waals surface area contributed by atoms with Crippen LogP contribution in [0.4, 0.5) is 16.2 Å². The van der Waals surface area contributed by atoms with Gasteiger partial charge in [-0.25, -0.2) is 4.79 Å². The van der Waals surface area contributed by atoms with Gasteiger partial charge < -0.3 is 15.1 Å². The van der Waals surface area contributed by atoms with Crippen molar-refractivity contribution in [2.24, 2.45) is 0 Å². The number of nitrogens with zero attached hydrogens (tertiary/aromatic N) is 2. The Kier molecular flexibility index (Phi) is 4.68. The summed E-state index contributed by atoms with van der Waals surface area (Å²) in [5.41, 5.74) is 2.78. The average molecular weight is 369 g/mol. The number of thiophene rings is 1.